The van der Waals surface area contributed by atoms with E-state index in [9.17, 15) is 30.7 Å². The Labute approximate surface area is 329 Å². The Hall–Kier alpha value is -3.62. The van der Waals surface area contributed by atoms with Gasteiger partial charge >= 0.3 is 5.97 Å². The molecule has 2 heterocycles. The molecule has 0 spiro atoms. The van der Waals surface area contributed by atoms with E-state index in [4.69, 9.17) is 5.11 Å². The van der Waals surface area contributed by atoms with Crippen molar-refractivity contribution in [3.05, 3.63) is 95.7 Å². The standard InChI is InChI=1S/C36H46N2O8S2.C6H15N/c1-35(2)28-16-9-11-18-30(28)37(24-14-26-47(41,42)43)32(35)20-6-4-7-21-33-36(3,23-13-5-8-22-34(39)40)29-17-10-12-19-31(29)38(33)25-15-27-48(44,45)46;1-4-7(5-2)6-3/h4,6-7,9-12,16-21H,5,8,13-15,22-27H2,1-3H3,(H2-,39,40,41,42,43,44,45,46);4-6H2,1-3H3/p-1. The van der Waals surface area contributed by atoms with E-state index in [0.29, 0.717) is 19.5 Å². The van der Waals surface area contributed by atoms with E-state index in [1.165, 1.54) is 19.6 Å². The number of unbranched alkanes of at least 4 members (excludes halogenated alkanes) is 2. The minimum Gasteiger partial charge on any atom is -0.748 e. The van der Waals surface area contributed by atoms with E-state index in [1.54, 1.807) is 0 Å². The molecule has 2 aromatic rings. The molecule has 1 unspecified atom stereocenters. The summed E-state index contributed by atoms with van der Waals surface area (Å²) in [6.45, 7) is 17.2. The van der Waals surface area contributed by atoms with Crippen LogP contribution in [0.25, 0.3) is 0 Å². The second kappa shape index (κ2) is 20.5. The molecule has 2 aliphatic rings. The zero-order valence-electron chi connectivity index (χ0n) is 33.4. The Bertz CT molecular complexity index is 1940. The van der Waals surface area contributed by atoms with Crippen LogP contribution in [0.4, 0.5) is 11.4 Å². The van der Waals surface area contributed by atoms with E-state index in [2.05, 4.69) is 68.1 Å². The van der Waals surface area contributed by atoms with Crippen molar-refractivity contribution in [1.29, 1.82) is 0 Å². The number of anilines is 1. The first-order valence-corrected chi connectivity index (χ1v) is 22.5. The van der Waals surface area contributed by atoms with Crippen molar-refractivity contribution in [2.75, 3.05) is 49.1 Å². The Morgan fingerprint density at radius 1 is 0.800 bits per heavy atom. The van der Waals surface area contributed by atoms with Gasteiger partial charge in [0.2, 0.25) is 5.69 Å². The fourth-order valence-corrected chi connectivity index (χ4v) is 8.62. The lowest BCUT2D eigenvalue weighted by atomic mass is 9.77. The molecular weight excluding hydrogens is 739 g/mol. The number of hydrogen-bond donors (Lipinski definition) is 1. The quantitative estimate of drug-likeness (QED) is 0.0634. The summed E-state index contributed by atoms with van der Waals surface area (Å²) in [6.07, 6.45) is 13.2. The van der Waals surface area contributed by atoms with Crippen LogP contribution >= 0.6 is 0 Å². The highest BCUT2D eigenvalue weighted by atomic mass is 32.2. The molecule has 11 nitrogen and oxygen atoms in total. The molecule has 0 aliphatic carbocycles. The van der Waals surface area contributed by atoms with Crippen LogP contribution in [0.1, 0.15) is 97.6 Å². The monoisotopic (exact) mass is 798 g/mol. The molecule has 0 aromatic heterocycles. The normalized spacial score (nSPS) is 18.7. The first-order chi connectivity index (χ1) is 25.9. The zero-order chi connectivity index (χ0) is 40.9. The topological polar surface area (TPSA) is 161 Å². The van der Waals surface area contributed by atoms with Gasteiger partial charge in [0.1, 0.15) is 6.54 Å². The van der Waals surface area contributed by atoms with Gasteiger partial charge < -0.3 is 24.0 Å². The number of aliphatic carboxylic acids is 1. The van der Waals surface area contributed by atoms with Gasteiger partial charge in [0, 0.05) is 65.4 Å². The lowest BCUT2D eigenvalue weighted by molar-refractivity contribution is -0.437. The summed E-state index contributed by atoms with van der Waals surface area (Å²) in [4.78, 5) is 15.5. The lowest BCUT2D eigenvalue weighted by Crippen LogP contribution is -2.30. The smallest absolute Gasteiger partial charge is 0.303 e. The number of allylic oxidation sites excluding steroid dienone is 6. The third kappa shape index (κ3) is 13.0. The van der Waals surface area contributed by atoms with Crippen LogP contribution in [-0.2, 0) is 35.9 Å². The average Bonchev–Trinajstić information content (AvgIpc) is 3.47. The average molecular weight is 799 g/mol. The third-order valence-electron chi connectivity index (χ3n) is 10.6. The molecule has 55 heavy (non-hydrogen) atoms. The largest absolute Gasteiger partial charge is 0.748 e. The number of carbonyl (C=O) groups is 1. The maximum atomic E-state index is 11.4. The second-order valence-corrected chi connectivity index (χ2v) is 17.8. The molecule has 4 rings (SSSR count). The van der Waals surface area contributed by atoms with E-state index in [-0.39, 0.29) is 24.7 Å². The maximum Gasteiger partial charge on any atom is 0.303 e. The molecule has 0 saturated heterocycles. The summed E-state index contributed by atoms with van der Waals surface area (Å²) in [7, 11) is -8.69. The third-order valence-corrected chi connectivity index (χ3v) is 12.2. The van der Waals surface area contributed by atoms with Crippen molar-refractivity contribution in [3.8, 4) is 0 Å². The van der Waals surface area contributed by atoms with Gasteiger partial charge in [0.25, 0.3) is 0 Å². The molecule has 0 bridgehead atoms. The molecule has 0 saturated carbocycles. The first kappa shape index (κ1) is 45.8. The van der Waals surface area contributed by atoms with Crippen LogP contribution < -0.4 is 4.90 Å². The van der Waals surface area contributed by atoms with E-state index < -0.39 is 43.1 Å². The van der Waals surface area contributed by atoms with Gasteiger partial charge in [-0.05, 0) is 77.4 Å². The summed E-state index contributed by atoms with van der Waals surface area (Å²) in [5.74, 6) is -1.71. The molecule has 0 fully saturated rings. The van der Waals surface area contributed by atoms with Crippen LogP contribution in [0.2, 0.25) is 0 Å². The van der Waals surface area contributed by atoms with Crippen molar-refractivity contribution >= 4 is 43.3 Å². The van der Waals surface area contributed by atoms with Crippen molar-refractivity contribution in [1.82, 2.24) is 4.90 Å². The van der Waals surface area contributed by atoms with Crippen molar-refractivity contribution in [3.63, 3.8) is 0 Å². The lowest BCUT2D eigenvalue weighted by Gasteiger charge is -2.30. The molecule has 0 radical (unpaired) electrons. The zero-order valence-corrected chi connectivity index (χ0v) is 35.0. The Morgan fingerprint density at radius 3 is 2.00 bits per heavy atom. The van der Waals surface area contributed by atoms with Gasteiger partial charge in [-0.15, -0.1) is 0 Å². The molecule has 13 heteroatoms. The van der Waals surface area contributed by atoms with Gasteiger partial charge in [-0.3, -0.25) is 4.79 Å². The van der Waals surface area contributed by atoms with Gasteiger partial charge in [0.15, 0.2) is 5.71 Å². The van der Waals surface area contributed by atoms with Crippen LogP contribution in [0.5, 0.6) is 0 Å². The van der Waals surface area contributed by atoms with Gasteiger partial charge in [-0.2, -0.15) is 4.58 Å². The summed E-state index contributed by atoms with van der Waals surface area (Å²) >= 11 is 0. The second-order valence-electron chi connectivity index (χ2n) is 14.8. The summed E-state index contributed by atoms with van der Waals surface area (Å²) in [6, 6.07) is 15.9. The molecular formula is C42H60N3O8S2-. The maximum absolute atomic E-state index is 11.4. The van der Waals surface area contributed by atoms with Crippen LogP contribution in [0, 0.1) is 0 Å². The number of carboxylic acids is 1. The first-order valence-electron chi connectivity index (χ1n) is 19.4. The minimum atomic E-state index is -4.37. The highest BCUT2D eigenvalue weighted by Gasteiger charge is 2.44. The SMILES string of the molecule is CC1(C)C(/C=C/C=C/C=C2\N(CCCS(=O)(=O)[O-])c3ccccc3C2(C)CCCCCC(=O)O)=[N+](CCCS(=O)(=O)[O-])c2ccccc21.CCN(CC)CC. The summed E-state index contributed by atoms with van der Waals surface area (Å²) in [5.41, 5.74) is 5.31. The summed E-state index contributed by atoms with van der Waals surface area (Å²) in [5, 5.41) is 9.06. The van der Waals surface area contributed by atoms with Crippen LogP contribution in [-0.4, -0.2) is 96.4 Å². The van der Waals surface area contributed by atoms with Crippen molar-refractivity contribution in [2.24, 2.45) is 0 Å². The number of rotatable bonds is 20. The number of hydrogen-bond acceptors (Lipinski definition) is 9. The number of carboxylic acid groups (broad SMARTS) is 1. The van der Waals surface area contributed by atoms with Gasteiger partial charge in [-0.1, -0.05) is 88.2 Å². The van der Waals surface area contributed by atoms with Crippen molar-refractivity contribution < 1.29 is 40.4 Å². The fraction of sp³-hybridized carbons (Fsp3) is 0.524. The van der Waals surface area contributed by atoms with E-state index >= 15 is 0 Å². The van der Waals surface area contributed by atoms with Crippen LogP contribution in [0.15, 0.2) is 84.6 Å². The Balaban J connectivity index is 0.00000106. The molecule has 1 N–H and O–H groups in total. The molecule has 1 atom stereocenters. The number of fused-ring (bicyclic) bond motifs is 2. The molecule has 304 valence electrons. The summed E-state index contributed by atoms with van der Waals surface area (Å²) < 4.78 is 70.2. The molecule has 2 aliphatic heterocycles. The van der Waals surface area contributed by atoms with Crippen LogP contribution in [0.3, 0.4) is 0 Å². The van der Waals surface area contributed by atoms with Gasteiger partial charge in [0.05, 0.1) is 25.7 Å². The van der Waals surface area contributed by atoms with E-state index in [1.807, 2.05) is 66.8 Å². The number of para-hydroxylation sites is 2. The van der Waals surface area contributed by atoms with Crippen molar-refractivity contribution in [2.45, 2.75) is 97.3 Å². The highest BCUT2D eigenvalue weighted by Crippen LogP contribution is 2.50. The number of benzene rings is 2. The molecule has 2 aromatic carbocycles. The molecule has 0 amide bonds. The van der Waals surface area contributed by atoms with E-state index in [0.717, 1.165) is 53.2 Å². The Morgan fingerprint density at radius 2 is 1.40 bits per heavy atom. The van der Waals surface area contributed by atoms with Gasteiger partial charge in [-0.25, -0.2) is 16.8 Å². The predicted octanol–water partition coefficient (Wildman–Crippen LogP) is 7.09. The highest BCUT2D eigenvalue weighted by molar-refractivity contribution is 7.85. The fourth-order valence-electron chi connectivity index (χ4n) is 7.66. The Kier molecular flexibility index (Phi) is 17.1. The number of nitrogens with zero attached hydrogens (tertiary/aromatic N) is 3. The minimum absolute atomic E-state index is 0.122. The predicted molar refractivity (Wildman–Crippen MR) is 219 cm³/mol.